The molecule has 0 aliphatic carbocycles. The van der Waals surface area contributed by atoms with E-state index >= 15 is 0 Å². The number of rotatable bonds is 7. The summed E-state index contributed by atoms with van der Waals surface area (Å²) in [5, 5.41) is 7.40. The Hall–Kier alpha value is -3.48. The highest BCUT2D eigenvalue weighted by Gasteiger charge is 2.06. The molecule has 0 bridgehead atoms. The highest BCUT2D eigenvalue weighted by Crippen LogP contribution is 2.28. The molecule has 0 fully saturated rings. The number of nitrogens with two attached hydrogens (primary N) is 1. The highest BCUT2D eigenvalue weighted by molar-refractivity contribution is 5.94. The summed E-state index contributed by atoms with van der Waals surface area (Å²) in [6, 6.07) is 17.4. The fraction of sp³-hybridized carbons (Fsp3) is 0.200. The number of para-hydroxylation sites is 1. The number of anilines is 2. The molecule has 3 aromatic rings. The molecule has 7 heteroatoms. The quantitative estimate of drug-likeness (QED) is 0.338. The summed E-state index contributed by atoms with van der Waals surface area (Å²) in [6.45, 7) is 1.11. The van der Waals surface area contributed by atoms with Gasteiger partial charge < -0.3 is 25.8 Å². The molecule has 0 aliphatic heterocycles. The van der Waals surface area contributed by atoms with Crippen LogP contribution in [0, 0.1) is 0 Å². The third-order valence-corrected chi connectivity index (χ3v) is 3.97. The monoisotopic (exact) mass is 365 g/mol. The number of aromatic nitrogens is 1. The fourth-order valence-electron chi connectivity index (χ4n) is 2.61. The Morgan fingerprint density at radius 1 is 1.07 bits per heavy atom. The largest absolute Gasteiger partial charge is 0.497 e. The summed E-state index contributed by atoms with van der Waals surface area (Å²) in [5.74, 6) is 2.47. The highest BCUT2D eigenvalue weighted by atomic mass is 16.5. The molecule has 0 saturated carbocycles. The first-order chi connectivity index (χ1) is 13.2. The van der Waals surface area contributed by atoms with Gasteiger partial charge in [-0.15, -0.1) is 0 Å². The van der Waals surface area contributed by atoms with Crippen LogP contribution in [0.5, 0.6) is 11.5 Å². The van der Waals surface area contributed by atoms with Crippen LogP contribution in [0.3, 0.4) is 0 Å². The van der Waals surface area contributed by atoms with Gasteiger partial charge in [-0.25, -0.2) is 4.98 Å². The Labute approximate surface area is 158 Å². The van der Waals surface area contributed by atoms with E-state index < -0.39 is 0 Å². The van der Waals surface area contributed by atoms with Crippen LogP contribution in [0.2, 0.25) is 0 Å². The van der Waals surface area contributed by atoms with Crippen molar-refractivity contribution < 1.29 is 9.47 Å². The lowest BCUT2D eigenvalue weighted by Crippen LogP contribution is -2.24. The summed E-state index contributed by atoms with van der Waals surface area (Å²) >= 11 is 0. The van der Waals surface area contributed by atoms with Gasteiger partial charge in [0.25, 0.3) is 0 Å². The van der Waals surface area contributed by atoms with Crippen molar-refractivity contribution in [2.24, 2.45) is 10.7 Å². The van der Waals surface area contributed by atoms with Crippen molar-refractivity contribution in [1.29, 1.82) is 0 Å². The van der Waals surface area contributed by atoms with Crippen molar-refractivity contribution in [2.75, 3.05) is 37.9 Å². The first kappa shape index (κ1) is 18.3. The van der Waals surface area contributed by atoms with E-state index in [0.717, 1.165) is 16.7 Å². The average molecular weight is 365 g/mol. The molecule has 1 aromatic heterocycles. The zero-order chi connectivity index (χ0) is 19.1. The molecule has 2 aromatic carbocycles. The van der Waals surface area contributed by atoms with E-state index in [1.54, 1.807) is 26.4 Å². The minimum Gasteiger partial charge on any atom is -0.497 e. The maximum absolute atomic E-state index is 5.97. The first-order valence-corrected chi connectivity index (χ1v) is 8.58. The first-order valence-electron chi connectivity index (χ1n) is 8.58. The normalized spacial score (nSPS) is 11.3. The summed E-state index contributed by atoms with van der Waals surface area (Å²) < 4.78 is 10.5. The van der Waals surface area contributed by atoms with E-state index in [4.69, 9.17) is 15.2 Å². The second-order valence-electron chi connectivity index (χ2n) is 5.77. The minimum absolute atomic E-state index is 0.301. The van der Waals surface area contributed by atoms with E-state index in [-0.39, 0.29) is 0 Å². The van der Waals surface area contributed by atoms with E-state index in [1.165, 1.54) is 0 Å². The molecule has 140 valence electrons. The number of ether oxygens (including phenoxy) is 2. The number of hydrogen-bond donors (Lipinski definition) is 3. The maximum atomic E-state index is 5.97. The Balaban J connectivity index is 1.56. The fourth-order valence-corrected chi connectivity index (χ4v) is 2.61. The number of pyridine rings is 1. The minimum atomic E-state index is 0.301. The second-order valence-corrected chi connectivity index (χ2v) is 5.77. The zero-order valence-corrected chi connectivity index (χ0v) is 15.4. The second kappa shape index (κ2) is 8.75. The number of fused-ring (bicyclic) bond motifs is 1. The average Bonchev–Trinajstić information content (AvgIpc) is 2.71. The molecular formula is C20H23N5O2. The van der Waals surface area contributed by atoms with Crippen LogP contribution in [0.15, 0.2) is 59.6 Å². The van der Waals surface area contributed by atoms with Gasteiger partial charge in [0, 0.05) is 18.0 Å². The van der Waals surface area contributed by atoms with Gasteiger partial charge >= 0.3 is 0 Å². The van der Waals surface area contributed by atoms with Crippen molar-refractivity contribution in [1.82, 2.24) is 4.98 Å². The summed E-state index contributed by atoms with van der Waals surface area (Å²) in [5.41, 5.74) is 7.63. The molecule has 3 rings (SSSR count). The smallest absolute Gasteiger partial charge is 0.193 e. The predicted octanol–water partition coefficient (Wildman–Crippen LogP) is 3.09. The Bertz CT molecular complexity index is 943. The third kappa shape index (κ3) is 4.78. The third-order valence-electron chi connectivity index (χ3n) is 3.97. The van der Waals surface area contributed by atoms with E-state index in [0.29, 0.717) is 36.2 Å². The van der Waals surface area contributed by atoms with Crippen LogP contribution >= 0.6 is 0 Å². The molecule has 0 aliphatic rings. The number of guanidine groups is 1. The SMILES string of the molecule is COc1ccc(OC)c(NC(N)=NCCNc2ccc3ccccc3n2)c1. The zero-order valence-electron chi connectivity index (χ0n) is 15.4. The standard InChI is InChI=1S/C20H23N5O2/c1-26-15-8-9-18(27-2)17(13-15)25-20(21)23-12-11-22-19-10-7-14-5-3-4-6-16(14)24-19/h3-10,13H,11-12H2,1-2H3,(H,22,24)(H3,21,23,25). The van der Waals surface area contributed by atoms with Crippen LogP contribution < -0.4 is 25.8 Å². The maximum Gasteiger partial charge on any atom is 0.193 e. The summed E-state index contributed by atoms with van der Waals surface area (Å²) in [7, 11) is 3.20. The van der Waals surface area contributed by atoms with Crippen molar-refractivity contribution in [3.8, 4) is 11.5 Å². The van der Waals surface area contributed by atoms with Gasteiger partial charge in [0.2, 0.25) is 0 Å². The van der Waals surface area contributed by atoms with Gasteiger partial charge in [-0.3, -0.25) is 4.99 Å². The van der Waals surface area contributed by atoms with Gasteiger partial charge in [-0.05, 0) is 30.3 Å². The van der Waals surface area contributed by atoms with E-state index in [2.05, 4.69) is 20.6 Å². The van der Waals surface area contributed by atoms with Gasteiger partial charge in [0.05, 0.1) is 32.0 Å². The number of methoxy groups -OCH3 is 2. The lowest BCUT2D eigenvalue weighted by atomic mass is 10.2. The predicted molar refractivity (Wildman–Crippen MR) is 110 cm³/mol. The molecule has 27 heavy (non-hydrogen) atoms. The molecule has 7 nitrogen and oxygen atoms in total. The van der Waals surface area contributed by atoms with Gasteiger partial charge in [0.1, 0.15) is 17.3 Å². The lowest BCUT2D eigenvalue weighted by molar-refractivity contribution is 0.405. The Morgan fingerprint density at radius 2 is 1.93 bits per heavy atom. The molecule has 0 radical (unpaired) electrons. The number of hydrogen-bond acceptors (Lipinski definition) is 5. The van der Waals surface area contributed by atoms with Crippen molar-refractivity contribution in [3.63, 3.8) is 0 Å². The molecule has 0 saturated heterocycles. The van der Waals surface area contributed by atoms with E-state index in [9.17, 15) is 0 Å². The number of nitrogens with one attached hydrogen (secondary N) is 2. The molecular weight excluding hydrogens is 342 g/mol. The topological polar surface area (TPSA) is 93.8 Å². The van der Waals surface area contributed by atoms with Crippen LogP contribution in [0.4, 0.5) is 11.5 Å². The molecule has 0 amide bonds. The number of benzene rings is 2. The van der Waals surface area contributed by atoms with Crippen LogP contribution in [0.1, 0.15) is 0 Å². The molecule has 0 atom stereocenters. The molecule has 0 spiro atoms. The van der Waals surface area contributed by atoms with Crippen molar-refractivity contribution in [3.05, 3.63) is 54.6 Å². The van der Waals surface area contributed by atoms with Crippen LogP contribution in [-0.4, -0.2) is 38.3 Å². The van der Waals surface area contributed by atoms with E-state index in [1.807, 2.05) is 42.5 Å². The summed E-state index contributed by atoms with van der Waals surface area (Å²) in [4.78, 5) is 8.89. The summed E-state index contributed by atoms with van der Waals surface area (Å²) in [6.07, 6.45) is 0. The van der Waals surface area contributed by atoms with Gasteiger partial charge in [-0.1, -0.05) is 18.2 Å². The number of aliphatic imine (C=N–C) groups is 1. The molecule has 0 unspecified atom stereocenters. The Kier molecular flexibility index (Phi) is 5.94. The number of nitrogens with zero attached hydrogens (tertiary/aromatic N) is 2. The Morgan fingerprint density at radius 3 is 2.74 bits per heavy atom. The molecule has 1 heterocycles. The van der Waals surface area contributed by atoms with Crippen LogP contribution in [-0.2, 0) is 0 Å². The van der Waals surface area contributed by atoms with Crippen molar-refractivity contribution >= 4 is 28.4 Å². The van der Waals surface area contributed by atoms with Gasteiger partial charge in [0.15, 0.2) is 5.96 Å². The lowest BCUT2D eigenvalue weighted by Gasteiger charge is -2.12. The van der Waals surface area contributed by atoms with Crippen LogP contribution in [0.25, 0.3) is 10.9 Å². The molecule has 4 N–H and O–H groups in total. The van der Waals surface area contributed by atoms with Gasteiger partial charge in [-0.2, -0.15) is 0 Å². The van der Waals surface area contributed by atoms with Crippen molar-refractivity contribution in [2.45, 2.75) is 0 Å².